The third kappa shape index (κ3) is 5.52. The van der Waals surface area contributed by atoms with Crippen molar-refractivity contribution >= 4 is 28.5 Å². The molecule has 1 atom stereocenters. The molecule has 3 N–H and O–H groups in total. The van der Waals surface area contributed by atoms with Crippen LogP contribution in [0.25, 0.3) is 33.4 Å². The standard InChI is InChI=1S/C33H27FN4O3/c1-3-37-27-18-29-26(30(33(40)36-2)31(41-29)21-12-14-24(34)15-13-21)17-25(27)22-10-7-11-23(16-22)32(39)38-28(19-35)20-8-5-4-6-9-20/h4-18,28,37H,3H2,1-2H3,(H,36,40)(H,38,39). The first-order chi connectivity index (χ1) is 19.9. The van der Waals surface area contributed by atoms with E-state index in [1.165, 1.54) is 19.2 Å². The van der Waals surface area contributed by atoms with Crippen LogP contribution in [0.2, 0.25) is 0 Å². The third-order valence-corrected chi connectivity index (χ3v) is 6.73. The van der Waals surface area contributed by atoms with Crippen LogP contribution in [0.4, 0.5) is 10.1 Å². The molecule has 5 rings (SSSR count). The smallest absolute Gasteiger partial charge is 0.255 e. The van der Waals surface area contributed by atoms with E-state index in [0.29, 0.717) is 45.5 Å². The Labute approximate surface area is 236 Å². The molecule has 204 valence electrons. The van der Waals surface area contributed by atoms with Crippen LogP contribution in [0.15, 0.2) is 95.4 Å². The quantitative estimate of drug-likeness (QED) is 0.201. The average molecular weight is 547 g/mol. The van der Waals surface area contributed by atoms with Gasteiger partial charge in [0.25, 0.3) is 11.8 Å². The summed E-state index contributed by atoms with van der Waals surface area (Å²) in [5.41, 5.74) is 4.69. The van der Waals surface area contributed by atoms with E-state index in [0.717, 1.165) is 16.8 Å². The predicted octanol–water partition coefficient (Wildman–Crippen LogP) is 6.69. The van der Waals surface area contributed by atoms with Gasteiger partial charge >= 0.3 is 0 Å². The second-order valence-corrected chi connectivity index (χ2v) is 9.34. The second-order valence-electron chi connectivity index (χ2n) is 9.34. The summed E-state index contributed by atoms with van der Waals surface area (Å²) in [5, 5.41) is 19.0. The summed E-state index contributed by atoms with van der Waals surface area (Å²) in [6.07, 6.45) is 0. The molecule has 8 heteroatoms. The zero-order valence-electron chi connectivity index (χ0n) is 22.5. The van der Waals surface area contributed by atoms with Crippen LogP contribution in [0, 0.1) is 17.1 Å². The zero-order valence-corrected chi connectivity index (χ0v) is 22.5. The number of benzene rings is 4. The van der Waals surface area contributed by atoms with Crippen molar-refractivity contribution in [2.24, 2.45) is 0 Å². The molecular formula is C33H27FN4O3. The number of carbonyl (C=O) groups is 2. The molecule has 5 aromatic rings. The summed E-state index contributed by atoms with van der Waals surface area (Å²) in [4.78, 5) is 26.2. The lowest BCUT2D eigenvalue weighted by molar-refractivity contribution is 0.0942. The van der Waals surface area contributed by atoms with Crippen LogP contribution in [0.5, 0.6) is 0 Å². The van der Waals surface area contributed by atoms with Gasteiger partial charge in [0.2, 0.25) is 0 Å². The Balaban J connectivity index is 1.59. The summed E-state index contributed by atoms with van der Waals surface area (Å²) in [7, 11) is 1.54. The number of nitrogens with zero attached hydrogens (tertiary/aromatic N) is 1. The van der Waals surface area contributed by atoms with Crippen molar-refractivity contribution < 1.29 is 18.4 Å². The van der Waals surface area contributed by atoms with Crippen molar-refractivity contribution in [3.63, 3.8) is 0 Å². The first kappa shape index (κ1) is 27.2. The molecule has 0 bridgehead atoms. The fraction of sp³-hybridized carbons (Fsp3) is 0.121. The number of nitrogens with one attached hydrogen (secondary N) is 3. The Hall–Kier alpha value is -5.42. The minimum Gasteiger partial charge on any atom is -0.455 e. The van der Waals surface area contributed by atoms with E-state index in [1.807, 2.05) is 43.3 Å². The van der Waals surface area contributed by atoms with Crippen LogP contribution in [0.3, 0.4) is 0 Å². The van der Waals surface area contributed by atoms with Crippen LogP contribution < -0.4 is 16.0 Å². The molecule has 0 saturated carbocycles. The first-order valence-corrected chi connectivity index (χ1v) is 13.1. The predicted molar refractivity (Wildman–Crippen MR) is 157 cm³/mol. The van der Waals surface area contributed by atoms with E-state index < -0.39 is 11.9 Å². The lowest BCUT2D eigenvalue weighted by Crippen LogP contribution is -2.27. The number of fused-ring (bicyclic) bond motifs is 1. The number of anilines is 1. The molecular weight excluding hydrogens is 519 g/mol. The maximum absolute atomic E-state index is 13.6. The molecule has 0 radical (unpaired) electrons. The number of nitriles is 1. The summed E-state index contributed by atoms with van der Waals surface area (Å²) >= 11 is 0. The minimum absolute atomic E-state index is 0.326. The largest absolute Gasteiger partial charge is 0.455 e. The van der Waals surface area contributed by atoms with Crippen LogP contribution >= 0.6 is 0 Å². The van der Waals surface area contributed by atoms with Gasteiger partial charge in [-0.2, -0.15) is 5.26 Å². The Morgan fingerprint density at radius 2 is 1.68 bits per heavy atom. The monoisotopic (exact) mass is 546 g/mol. The number of hydrogen-bond donors (Lipinski definition) is 3. The summed E-state index contributed by atoms with van der Waals surface area (Å²) in [6.45, 7) is 2.58. The summed E-state index contributed by atoms with van der Waals surface area (Å²) < 4.78 is 19.8. The van der Waals surface area contributed by atoms with Crippen molar-refractivity contribution in [1.82, 2.24) is 10.6 Å². The fourth-order valence-electron chi connectivity index (χ4n) is 4.75. The minimum atomic E-state index is -0.799. The van der Waals surface area contributed by atoms with Crippen LogP contribution in [0.1, 0.15) is 39.2 Å². The van der Waals surface area contributed by atoms with Crippen molar-refractivity contribution in [1.29, 1.82) is 5.26 Å². The molecule has 7 nitrogen and oxygen atoms in total. The normalized spacial score (nSPS) is 11.5. The van der Waals surface area contributed by atoms with Crippen molar-refractivity contribution in [2.45, 2.75) is 13.0 Å². The molecule has 4 aromatic carbocycles. The van der Waals surface area contributed by atoms with Gasteiger partial charge in [-0.15, -0.1) is 0 Å². The van der Waals surface area contributed by atoms with E-state index in [4.69, 9.17) is 4.42 Å². The Bertz CT molecular complexity index is 1770. The van der Waals surface area contributed by atoms with Gasteiger partial charge in [0.05, 0.1) is 11.6 Å². The Morgan fingerprint density at radius 1 is 0.927 bits per heavy atom. The van der Waals surface area contributed by atoms with E-state index in [2.05, 4.69) is 22.0 Å². The van der Waals surface area contributed by atoms with E-state index >= 15 is 0 Å². The highest BCUT2D eigenvalue weighted by molar-refractivity contribution is 6.13. The highest BCUT2D eigenvalue weighted by atomic mass is 19.1. The molecule has 0 aliphatic carbocycles. The van der Waals surface area contributed by atoms with Crippen molar-refractivity contribution in [3.8, 4) is 28.5 Å². The molecule has 0 aliphatic rings. The van der Waals surface area contributed by atoms with Gasteiger partial charge in [0, 0.05) is 47.4 Å². The highest BCUT2D eigenvalue weighted by Crippen LogP contribution is 2.40. The molecule has 1 aromatic heterocycles. The van der Waals surface area contributed by atoms with Crippen molar-refractivity contribution in [3.05, 3.63) is 114 Å². The van der Waals surface area contributed by atoms with Gasteiger partial charge in [-0.25, -0.2) is 4.39 Å². The van der Waals surface area contributed by atoms with E-state index in [-0.39, 0.29) is 11.8 Å². The van der Waals surface area contributed by atoms with E-state index in [1.54, 1.807) is 42.5 Å². The van der Waals surface area contributed by atoms with E-state index in [9.17, 15) is 19.2 Å². The summed E-state index contributed by atoms with van der Waals surface area (Å²) in [5.74, 6) is -0.796. The topological polar surface area (TPSA) is 107 Å². The molecule has 0 fully saturated rings. The molecule has 0 saturated heterocycles. The number of hydrogen-bond acceptors (Lipinski definition) is 5. The third-order valence-electron chi connectivity index (χ3n) is 6.73. The number of carbonyl (C=O) groups excluding carboxylic acids is 2. The first-order valence-electron chi connectivity index (χ1n) is 13.1. The molecule has 41 heavy (non-hydrogen) atoms. The maximum atomic E-state index is 13.6. The average Bonchev–Trinajstić information content (AvgIpc) is 3.38. The van der Waals surface area contributed by atoms with Crippen molar-refractivity contribution in [2.75, 3.05) is 18.9 Å². The van der Waals surface area contributed by atoms with Gasteiger partial charge in [-0.1, -0.05) is 42.5 Å². The molecule has 1 heterocycles. The SMILES string of the molecule is CCNc1cc2oc(-c3ccc(F)cc3)c(C(=O)NC)c2cc1-c1cccc(C(=O)NC(C#N)c2ccccc2)c1. The second kappa shape index (κ2) is 11.8. The number of amides is 2. The van der Waals surface area contributed by atoms with Gasteiger partial charge in [0.15, 0.2) is 0 Å². The Kier molecular flexibility index (Phi) is 7.79. The van der Waals surface area contributed by atoms with Gasteiger partial charge in [-0.3, -0.25) is 9.59 Å². The fourth-order valence-corrected chi connectivity index (χ4v) is 4.75. The van der Waals surface area contributed by atoms with Gasteiger partial charge in [0.1, 0.15) is 23.2 Å². The lowest BCUT2D eigenvalue weighted by atomic mass is 9.97. The van der Waals surface area contributed by atoms with Crippen LogP contribution in [-0.4, -0.2) is 25.4 Å². The zero-order chi connectivity index (χ0) is 28.9. The lowest BCUT2D eigenvalue weighted by Gasteiger charge is -2.14. The van der Waals surface area contributed by atoms with Gasteiger partial charge in [-0.05, 0) is 60.5 Å². The molecule has 0 spiro atoms. The molecule has 1 unspecified atom stereocenters. The Morgan fingerprint density at radius 3 is 2.37 bits per heavy atom. The van der Waals surface area contributed by atoms with Crippen LogP contribution in [-0.2, 0) is 0 Å². The van der Waals surface area contributed by atoms with Gasteiger partial charge < -0.3 is 20.4 Å². The number of furan rings is 1. The molecule has 2 amide bonds. The molecule has 0 aliphatic heterocycles. The number of rotatable bonds is 8. The summed E-state index contributed by atoms with van der Waals surface area (Å²) in [6, 6.07) is 26.9. The highest BCUT2D eigenvalue weighted by Gasteiger charge is 2.24. The maximum Gasteiger partial charge on any atom is 0.255 e. The number of halogens is 1.